The van der Waals surface area contributed by atoms with E-state index in [1.165, 1.54) is 5.56 Å². The Morgan fingerprint density at radius 2 is 1.83 bits per heavy atom. The van der Waals surface area contributed by atoms with Crippen molar-refractivity contribution in [3.63, 3.8) is 0 Å². The molecule has 0 amide bonds. The number of likely N-dealkylation sites (tertiary alicyclic amines) is 1. The predicted octanol–water partition coefficient (Wildman–Crippen LogP) is 3.87. The average molecular weight is 414 g/mol. The summed E-state index contributed by atoms with van der Waals surface area (Å²) in [5.41, 5.74) is 3.41. The fraction of sp³-hybridized carbons (Fsp3) is 0.520. The number of methoxy groups -OCH3 is 1. The number of nitrogens with zero attached hydrogens (tertiary/aromatic N) is 1. The van der Waals surface area contributed by atoms with Crippen molar-refractivity contribution in [1.82, 2.24) is 4.90 Å². The molecule has 5 nitrogen and oxygen atoms in total. The average Bonchev–Trinajstić information content (AvgIpc) is 2.79. The first kappa shape index (κ1) is 22.8. The second kappa shape index (κ2) is 12.1. The molecule has 1 fully saturated rings. The molecule has 2 atom stereocenters. The van der Waals surface area contributed by atoms with Crippen molar-refractivity contribution in [2.24, 2.45) is 0 Å². The van der Waals surface area contributed by atoms with Gasteiger partial charge in [-0.15, -0.1) is 0 Å². The smallest absolute Gasteiger partial charge is 0.126 e. The van der Waals surface area contributed by atoms with Crippen molar-refractivity contribution in [1.29, 1.82) is 0 Å². The molecule has 1 heterocycles. The molecule has 0 spiro atoms. The van der Waals surface area contributed by atoms with Gasteiger partial charge in [0, 0.05) is 24.8 Å². The van der Waals surface area contributed by atoms with Gasteiger partial charge >= 0.3 is 0 Å². The highest BCUT2D eigenvalue weighted by molar-refractivity contribution is 5.70. The van der Waals surface area contributed by atoms with E-state index in [2.05, 4.69) is 35.2 Å². The minimum Gasteiger partial charge on any atom is -0.496 e. The molecule has 2 N–H and O–H groups in total. The van der Waals surface area contributed by atoms with Crippen molar-refractivity contribution in [3.8, 4) is 16.9 Å². The van der Waals surface area contributed by atoms with Gasteiger partial charge in [-0.2, -0.15) is 0 Å². The van der Waals surface area contributed by atoms with Gasteiger partial charge in [0.2, 0.25) is 0 Å². The lowest BCUT2D eigenvalue weighted by Gasteiger charge is -2.36. The molecule has 5 heteroatoms. The van der Waals surface area contributed by atoms with Crippen LogP contribution in [0.25, 0.3) is 11.1 Å². The molecule has 0 radical (unpaired) electrons. The summed E-state index contributed by atoms with van der Waals surface area (Å²) in [6.07, 6.45) is 4.51. The van der Waals surface area contributed by atoms with Crippen LogP contribution < -0.4 is 4.74 Å². The third kappa shape index (κ3) is 6.54. The number of hydrogen-bond donors (Lipinski definition) is 2. The number of unbranched alkanes of at least 4 members (excludes halogenated alkanes) is 2. The lowest BCUT2D eigenvalue weighted by molar-refractivity contribution is 0.0160. The summed E-state index contributed by atoms with van der Waals surface area (Å²) < 4.78 is 11.3. The van der Waals surface area contributed by atoms with E-state index in [1.54, 1.807) is 7.11 Å². The van der Waals surface area contributed by atoms with Crippen molar-refractivity contribution in [2.75, 3.05) is 33.4 Å². The Morgan fingerprint density at radius 3 is 2.60 bits per heavy atom. The van der Waals surface area contributed by atoms with Crippen LogP contribution in [0.5, 0.6) is 5.75 Å². The first-order valence-corrected chi connectivity index (χ1v) is 11.0. The maximum absolute atomic E-state index is 9.73. The van der Waals surface area contributed by atoms with Gasteiger partial charge in [-0.25, -0.2) is 0 Å². The Bertz CT molecular complexity index is 749. The molecule has 2 aromatic carbocycles. The van der Waals surface area contributed by atoms with Crippen LogP contribution in [0.4, 0.5) is 0 Å². The van der Waals surface area contributed by atoms with Crippen LogP contribution in [0.15, 0.2) is 48.5 Å². The summed E-state index contributed by atoms with van der Waals surface area (Å²) in [5, 5.41) is 19.2. The summed E-state index contributed by atoms with van der Waals surface area (Å²) in [6, 6.07) is 16.6. The van der Waals surface area contributed by atoms with Gasteiger partial charge in [0.05, 0.1) is 26.4 Å². The van der Waals surface area contributed by atoms with E-state index in [4.69, 9.17) is 9.47 Å². The molecular weight excluding hydrogens is 378 g/mol. The van der Waals surface area contributed by atoms with Gasteiger partial charge in [0.25, 0.3) is 0 Å². The molecule has 2 aromatic rings. The van der Waals surface area contributed by atoms with E-state index >= 15 is 0 Å². The van der Waals surface area contributed by atoms with Crippen LogP contribution in [-0.4, -0.2) is 60.7 Å². The zero-order valence-electron chi connectivity index (χ0n) is 18.0. The Hall–Kier alpha value is -1.92. The van der Waals surface area contributed by atoms with Crippen molar-refractivity contribution < 1.29 is 19.7 Å². The van der Waals surface area contributed by atoms with E-state index in [9.17, 15) is 10.2 Å². The molecule has 0 saturated carbocycles. The highest BCUT2D eigenvalue weighted by Gasteiger charge is 2.26. The van der Waals surface area contributed by atoms with Gasteiger partial charge in [-0.05, 0) is 55.8 Å². The van der Waals surface area contributed by atoms with Gasteiger partial charge in [0.15, 0.2) is 0 Å². The van der Waals surface area contributed by atoms with Gasteiger partial charge in [-0.1, -0.05) is 42.5 Å². The maximum atomic E-state index is 9.73. The molecular formula is C25H35NO4. The molecule has 0 aromatic heterocycles. The summed E-state index contributed by atoms with van der Waals surface area (Å²) in [5.74, 6) is 0.882. The van der Waals surface area contributed by atoms with E-state index in [0.29, 0.717) is 13.0 Å². The third-order valence-electron chi connectivity index (χ3n) is 5.90. The predicted molar refractivity (Wildman–Crippen MR) is 120 cm³/mol. The summed E-state index contributed by atoms with van der Waals surface area (Å²) >= 11 is 0. The Balaban J connectivity index is 1.32. The van der Waals surface area contributed by atoms with E-state index in [-0.39, 0.29) is 18.8 Å². The quantitative estimate of drug-likeness (QED) is 0.548. The number of benzene rings is 2. The van der Waals surface area contributed by atoms with Crippen LogP contribution in [0.2, 0.25) is 0 Å². The number of para-hydroxylation sites is 1. The molecule has 0 bridgehead atoms. The van der Waals surface area contributed by atoms with Gasteiger partial charge < -0.3 is 19.7 Å². The highest BCUT2D eigenvalue weighted by atomic mass is 16.5. The minimum absolute atomic E-state index is 0.115. The zero-order chi connectivity index (χ0) is 21.2. The minimum atomic E-state index is -0.254. The SMILES string of the molecule is COc1ccccc1-c1ccc(COCCCCCN2CCC(O)CC2CO)cc1. The number of piperidine rings is 1. The lowest BCUT2D eigenvalue weighted by atomic mass is 9.99. The number of ether oxygens (including phenoxy) is 2. The Kier molecular flexibility index (Phi) is 9.15. The molecule has 1 aliphatic rings. The maximum Gasteiger partial charge on any atom is 0.126 e. The number of rotatable bonds is 11. The molecule has 164 valence electrons. The molecule has 3 rings (SSSR count). The second-order valence-electron chi connectivity index (χ2n) is 8.06. The highest BCUT2D eigenvalue weighted by Crippen LogP contribution is 2.29. The van der Waals surface area contributed by atoms with Crippen LogP contribution in [0, 0.1) is 0 Å². The van der Waals surface area contributed by atoms with E-state index in [0.717, 1.165) is 62.3 Å². The van der Waals surface area contributed by atoms with Crippen LogP contribution in [0.3, 0.4) is 0 Å². The summed E-state index contributed by atoms with van der Waals surface area (Å²) in [4.78, 5) is 2.32. The lowest BCUT2D eigenvalue weighted by Crippen LogP contribution is -2.46. The normalized spacial score (nSPS) is 19.7. The van der Waals surface area contributed by atoms with E-state index < -0.39 is 0 Å². The van der Waals surface area contributed by atoms with Gasteiger partial charge in [-0.3, -0.25) is 4.90 Å². The largest absolute Gasteiger partial charge is 0.496 e. The monoisotopic (exact) mass is 413 g/mol. The second-order valence-corrected chi connectivity index (χ2v) is 8.06. The van der Waals surface area contributed by atoms with Crippen LogP contribution in [0.1, 0.15) is 37.7 Å². The Morgan fingerprint density at radius 1 is 1.03 bits per heavy atom. The number of aliphatic hydroxyl groups is 2. The summed E-state index contributed by atoms with van der Waals surface area (Å²) in [7, 11) is 1.70. The molecule has 2 unspecified atom stereocenters. The van der Waals surface area contributed by atoms with Crippen LogP contribution >= 0.6 is 0 Å². The van der Waals surface area contributed by atoms with Crippen molar-refractivity contribution in [3.05, 3.63) is 54.1 Å². The first-order valence-electron chi connectivity index (χ1n) is 11.0. The zero-order valence-corrected chi connectivity index (χ0v) is 18.0. The number of hydrogen-bond acceptors (Lipinski definition) is 5. The Labute approximate surface area is 180 Å². The topological polar surface area (TPSA) is 62.2 Å². The third-order valence-corrected chi connectivity index (χ3v) is 5.90. The summed E-state index contributed by atoms with van der Waals surface area (Å²) in [6.45, 7) is 3.39. The van der Waals surface area contributed by atoms with Crippen LogP contribution in [-0.2, 0) is 11.3 Å². The molecule has 1 aliphatic heterocycles. The number of aliphatic hydroxyl groups excluding tert-OH is 2. The first-order chi connectivity index (χ1) is 14.7. The fourth-order valence-corrected chi connectivity index (χ4v) is 4.11. The fourth-order valence-electron chi connectivity index (χ4n) is 4.11. The van der Waals surface area contributed by atoms with Gasteiger partial charge in [0.1, 0.15) is 5.75 Å². The van der Waals surface area contributed by atoms with E-state index in [1.807, 2.05) is 18.2 Å². The van der Waals surface area contributed by atoms with Crippen molar-refractivity contribution >= 4 is 0 Å². The molecule has 30 heavy (non-hydrogen) atoms. The van der Waals surface area contributed by atoms with Crippen molar-refractivity contribution in [2.45, 2.75) is 50.9 Å². The standard InChI is InChI=1S/C25H35NO4/c1-29-25-8-4-3-7-24(25)21-11-9-20(10-12-21)19-30-16-6-2-5-14-26-15-13-23(28)17-22(26)18-27/h3-4,7-12,22-23,27-28H,2,5-6,13-19H2,1H3. The molecule has 1 saturated heterocycles. The molecule has 0 aliphatic carbocycles.